The molecule has 9 heteroatoms. The average molecular weight is 460 g/mol. The minimum absolute atomic E-state index is 0.0151. The van der Waals surface area contributed by atoms with Gasteiger partial charge in [0.2, 0.25) is 5.91 Å². The van der Waals surface area contributed by atoms with Gasteiger partial charge in [-0.25, -0.2) is 8.42 Å². The monoisotopic (exact) mass is 459 g/mol. The molecule has 0 saturated heterocycles. The fraction of sp³-hybridized carbons (Fsp3) is 0.391. The molecular weight excluding hydrogens is 430 g/mol. The fourth-order valence-corrected chi connectivity index (χ4v) is 4.75. The van der Waals surface area contributed by atoms with Gasteiger partial charge in [-0.2, -0.15) is 0 Å². The smallest absolute Gasteiger partial charge is 0.263 e. The van der Waals surface area contributed by atoms with Crippen LogP contribution in [-0.2, 0) is 21.2 Å². The molecular formula is C23H29N3O5S. The Morgan fingerprint density at radius 1 is 1.06 bits per heavy atom. The van der Waals surface area contributed by atoms with Crippen LogP contribution >= 0.6 is 0 Å². The largest absolute Gasteiger partial charge is 0.497 e. The van der Waals surface area contributed by atoms with Crippen LogP contribution in [0.25, 0.3) is 0 Å². The maximum absolute atomic E-state index is 12.1. The summed E-state index contributed by atoms with van der Waals surface area (Å²) in [5.74, 6) is 1.88. The Morgan fingerprint density at radius 2 is 1.88 bits per heavy atom. The third-order valence-corrected chi connectivity index (χ3v) is 6.60. The average Bonchev–Trinajstić information content (AvgIpc) is 3.06. The first-order valence-electron chi connectivity index (χ1n) is 10.6. The molecule has 0 aliphatic carbocycles. The summed E-state index contributed by atoms with van der Waals surface area (Å²) in [6, 6.07) is 12.4. The lowest BCUT2D eigenvalue weighted by Gasteiger charge is -2.11. The molecule has 0 unspecified atom stereocenters. The number of nitrogens with zero attached hydrogens (tertiary/aromatic N) is 1. The van der Waals surface area contributed by atoms with Gasteiger partial charge in [0.1, 0.15) is 17.3 Å². The van der Waals surface area contributed by atoms with E-state index >= 15 is 0 Å². The molecule has 3 rings (SSSR count). The van der Waals surface area contributed by atoms with Crippen LogP contribution in [0, 0.1) is 0 Å². The highest BCUT2D eigenvalue weighted by molar-refractivity contribution is 7.90. The Labute approximate surface area is 189 Å². The summed E-state index contributed by atoms with van der Waals surface area (Å²) >= 11 is 0. The Hall–Kier alpha value is -3.07. The molecule has 0 bridgehead atoms. The van der Waals surface area contributed by atoms with Crippen LogP contribution in [0.5, 0.6) is 11.5 Å². The van der Waals surface area contributed by atoms with E-state index in [0.717, 1.165) is 36.3 Å². The molecule has 172 valence electrons. The van der Waals surface area contributed by atoms with Crippen molar-refractivity contribution in [3.63, 3.8) is 0 Å². The van der Waals surface area contributed by atoms with Gasteiger partial charge < -0.3 is 14.8 Å². The van der Waals surface area contributed by atoms with Crippen molar-refractivity contribution in [3.05, 3.63) is 53.6 Å². The van der Waals surface area contributed by atoms with Gasteiger partial charge in [0, 0.05) is 31.1 Å². The molecule has 0 radical (unpaired) electrons. The summed E-state index contributed by atoms with van der Waals surface area (Å²) in [5, 5.41) is 2.94. The van der Waals surface area contributed by atoms with Crippen LogP contribution < -0.4 is 19.5 Å². The number of ether oxygens (including phenoxy) is 2. The van der Waals surface area contributed by atoms with E-state index in [2.05, 4.69) is 15.0 Å². The van der Waals surface area contributed by atoms with Crippen LogP contribution in [0.4, 0.5) is 0 Å². The molecule has 1 amide bonds. The molecule has 0 aromatic heterocycles. The zero-order valence-corrected chi connectivity index (χ0v) is 19.2. The molecule has 1 heterocycles. The first-order chi connectivity index (χ1) is 15.4. The maximum Gasteiger partial charge on any atom is 0.263 e. The molecule has 0 spiro atoms. The minimum Gasteiger partial charge on any atom is -0.497 e. The van der Waals surface area contributed by atoms with Gasteiger partial charge in [0.05, 0.1) is 19.1 Å². The number of hydrogen-bond acceptors (Lipinski definition) is 6. The second kappa shape index (κ2) is 11.0. The lowest BCUT2D eigenvalue weighted by Crippen LogP contribution is -2.25. The van der Waals surface area contributed by atoms with Crippen molar-refractivity contribution in [3.8, 4) is 11.5 Å². The highest BCUT2D eigenvalue weighted by atomic mass is 32.2. The number of benzene rings is 2. The van der Waals surface area contributed by atoms with Crippen LogP contribution in [0.3, 0.4) is 0 Å². The SMILES string of the molecule is COc1ccc(CCNC(=O)CCCCCN=C2NS(=O)(=O)c3ccccc32)c(OC)c1. The Kier molecular flexibility index (Phi) is 8.10. The number of amidine groups is 1. The van der Waals surface area contributed by atoms with Gasteiger partial charge in [-0.3, -0.25) is 14.5 Å². The topological polar surface area (TPSA) is 106 Å². The first kappa shape index (κ1) is 23.6. The van der Waals surface area contributed by atoms with Gasteiger partial charge in [-0.15, -0.1) is 0 Å². The summed E-state index contributed by atoms with van der Waals surface area (Å²) in [6.07, 6.45) is 3.50. The number of rotatable bonds is 11. The van der Waals surface area contributed by atoms with E-state index in [-0.39, 0.29) is 10.8 Å². The standard InChI is InChI=1S/C23H29N3O5S/c1-30-18-12-11-17(20(16-18)31-2)13-15-24-22(27)10-4-3-7-14-25-23-19-8-5-6-9-21(19)32(28,29)26-23/h5-6,8-9,11-12,16H,3-4,7,10,13-15H2,1-2H3,(H,24,27)(H,25,26). The minimum atomic E-state index is -3.50. The van der Waals surface area contributed by atoms with Crippen LogP contribution in [0.2, 0.25) is 0 Å². The van der Waals surface area contributed by atoms with Crippen LogP contribution in [0.1, 0.15) is 36.8 Å². The third-order valence-electron chi connectivity index (χ3n) is 5.21. The van der Waals surface area contributed by atoms with E-state index in [9.17, 15) is 13.2 Å². The second-order valence-corrected chi connectivity index (χ2v) is 9.07. The summed E-state index contributed by atoms with van der Waals surface area (Å²) in [7, 11) is -0.277. The third kappa shape index (κ3) is 6.00. The van der Waals surface area contributed by atoms with E-state index in [0.29, 0.717) is 37.3 Å². The summed E-state index contributed by atoms with van der Waals surface area (Å²) in [6.45, 7) is 1.04. The number of methoxy groups -OCH3 is 2. The van der Waals surface area contributed by atoms with Crippen molar-refractivity contribution in [2.75, 3.05) is 27.3 Å². The Bertz CT molecular complexity index is 1080. The summed E-state index contributed by atoms with van der Waals surface area (Å²) < 4.78 is 37.2. The van der Waals surface area contributed by atoms with Crippen molar-refractivity contribution in [2.24, 2.45) is 4.99 Å². The zero-order valence-electron chi connectivity index (χ0n) is 18.4. The molecule has 2 N–H and O–H groups in total. The molecule has 0 saturated carbocycles. The molecule has 0 atom stereocenters. The maximum atomic E-state index is 12.1. The predicted octanol–water partition coefficient (Wildman–Crippen LogP) is 2.66. The number of carbonyl (C=O) groups is 1. The molecule has 8 nitrogen and oxygen atoms in total. The normalized spacial score (nSPS) is 15.1. The number of nitrogens with one attached hydrogen (secondary N) is 2. The van der Waals surface area contributed by atoms with E-state index in [1.807, 2.05) is 18.2 Å². The number of sulfonamides is 1. The quantitative estimate of drug-likeness (QED) is 0.503. The second-order valence-electron chi connectivity index (χ2n) is 7.42. The number of fused-ring (bicyclic) bond motifs is 1. The first-order valence-corrected chi connectivity index (χ1v) is 12.1. The number of aliphatic imine (C=N–C) groups is 1. The molecule has 0 fully saturated rings. The van der Waals surface area contributed by atoms with Gasteiger partial charge in [-0.05, 0) is 43.0 Å². The zero-order chi connectivity index (χ0) is 23.0. The van der Waals surface area contributed by atoms with Crippen molar-refractivity contribution >= 4 is 21.8 Å². The number of carbonyl (C=O) groups excluding carboxylic acids is 1. The summed E-state index contributed by atoms with van der Waals surface area (Å²) in [4.78, 5) is 16.7. The highest BCUT2D eigenvalue weighted by Crippen LogP contribution is 2.25. The Morgan fingerprint density at radius 3 is 2.66 bits per heavy atom. The van der Waals surface area contributed by atoms with Gasteiger partial charge in [0.25, 0.3) is 10.0 Å². The van der Waals surface area contributed by atoms with Crippen molar-refractivity contribution < 1.29 is 22.7 Å². The number of unbranched alkanes of at least 4 members (excludes halogenated alkanes) is 2. The highest BCUT2D eigenvalue weighted by Gasteiger charge is 2.29. The molecule has 32 heavy (non-hydrogen) atoms. The van der Waals surface area contributed by atoms with E-state index in [1.165, 1.54) is 0 Å². The Balaban J connectivity index is 1.34. The van der Waals surface area contributed by atoms with Crippen molar-refractivity contribution in [2.45, 2.75) is 37.0 Å². The molecule has 1 aliphatic rings. The van der Waals surface area contributed by atoms with E-state index in [4.69, 9.17) is 9.47 Å². The van der Waals surface area contributed by atoms with Crippen molar-refractivity contribution in [1.29, 1.82) is 0 Å². The van der Waals surface area contributed by atoms with E-state index < -0.39 is 10.0 Å². The predicted molar refractivity (Wildman–Crippen MR) is 123 cm³/mol. The molecule has 2 aromatic carbocycles. The molecule has 2 aromatic rings. The van der Waals surface area contributed by atoms with Crippen molar-refractivity contribution in [1.82, 2.24) is 10.0 Å². The van der Waals surface area contributed by atoms with Gasteiger partial charge in [-0.1, -0.05) is 24.6 Å². The van der Waals surface area contributed by atoms with Crippen LogP contribution in [-0.4, -0.2) is 47.5 Å². The number of amides is 1. The molecule has 1 aliphatic heterocycles. The lowest BCUT2D eigenvalue weighted by molar-refractivity contribution is -0.121. The van der Waals surface area contributed by atoms with E-state index in [1.54, 1.807) is 38.5 Å². The van der Waals surface area contributed by atoms with Gasteiger partial charge >= 0.3 is 0 Å². The number of hydrogen-bond donors (Lipinski definition) is 2. The van der Waals surface area contributed by atoms with Gasteiger partial charge in [0.15, 0.2) is 0 Å². The lowest BCUT2D eigenvalue weighted by atomic mass is 10.1. The fourth-order valence-electron chi connectivity index (χ4n) is 3.50. The summed E-state index contributed by atoms with van der Waals surface area (Å²) in [5.41, 5.74) is 1.62. The van der Waals surface area contributed by atoms with Crippen LogP contribution in [0.15, 0.2) is 52.4 Å².